The van der Waals surface area contributed by atoms with Gasteiger partial charge >= 0.3 is 0 Å². The summed E-state index contributed by atoms with van der Waals surface area (Å²) in [5.74, 6) is 0.909. The van der Waals surface area contributed by atoms with E-state index >= 15 is 0 Å². The second-order valence-corrected chi connectivity index (χ2v) is 6.09. The number of amides is 1. The Morgan fingerprint density at radius 3 is 2.85 bits per heavy atom. The van der Waals surface area contributed by atoms with Gasteiger partial charge in [0.2, 0.25) is 5.91 Å². The van der Waals surface area contributed by atoms with E-state index in [0.717, 1.165) is 18.8 Å². The van der Waals surface area contributed by atoms with Crippen LogP contribution < -0.4 is 10.2 Å². The summed E-state index contributed by atoms with van der Waals surface area (Å²) in [6.45, 7) is 3.35. The van der Waals surface area contributed by atoms with Crippen LogP contribution in [-0.4, -0.2) is 44.5 Å². The molecule has 1 N–H and O–H groups in total. The van der Waals surface area contributed by atoms with Gasteiger partial charge in [-0.25, -0.2) is 0 Å². The molecular formula is C16H23N3O. The Morgan fingerprint density at radius 2 is 2.10 bits per heavy atom. The number of anilines is 1. The highest BCUT2D eigenvalue weighted by Gasteiger charge is 2.29. The van der Waals surface area contributed by atoms with Crippen LogP contribution in [0.3, 0.4) is 0 Å². The number of hydrogen-bond donors (Lipinski definition) is 1. The van der Waals surface area contributed by atoms with Gasteiger partial charge in [0, 0.05) is 31.7 Å². The van der Waals surface area contributed by atoms with E-state index in [9.17, 15) is 4.79 Å². The van der Waals surface area contributed by atoms with Gasteiger partial charge in [-0.05, 0) is 44.1 Å². The minimum atomic E-state index is 0.167. The molecule has 2 unspecified atom stereocenters. The summed E-state index contributed by atoms with van der Waals surface area (Å²) in [5, 5.41) is 3.62. The predicted octanol–water partition coefficient (Wildman–Crippen LogP) is 1.64. The standard InChI is InChI=1S/C16H23N3O/c1-18-8-7-12(11-18)10-17-14-9-16(20)19(2)15-6-4-3-5-13(14)15/h3-6,12,14,17H,7-11H2,1-2H3. The van der Waals surface area contributed by atoms with Crippen LogP contribution in [-0.2, 0) is 4.79 Å². The number of fused-ring (bicyclic) bond motifs is 1. The van der Waals surface area contributed by atoms with Crippen molar-refractivity contribution in [2.75, 3.05) is 38.6 Å². The molecule has 1 aromatic carbocycles. The number of likely N-dealkylation sites (tertiary alicyclic amines) is 1. The molecule has 2 heterocycles. The molecule has 0 radical (unpaired) electrons. The maximum absolute atomic E-state index is 12.1. The summed E-state index contributed by atoms with van der Waals surface area (Å²) in [5.41, 5.74) is 2.30. The molecule has 0 aliphatic carbocycles. The maximum Gasteiger partial charge on any atom is 0.228 e. The van der Waals surface area contributed by atoms with Crippen molar-refractivity contribution in [1.29, 1.82) is 0 Å². The maximum atomic E-state index is 12.1. The minimum Gasteiger partial charge on any atom is -0.315 e. The van der Waals surface area contributed by atoms with Crippen molar-refractivity contribution in [1.82, 2.24) is 10.2 Å². The third-order valence-electron chi connectivity index (χ3n) is 4.57. The van der Waals surface area contributed by atoms with Crippen LogP contribution in [0, 0.1) is 5.92 Å². The molecule has 2 atom stereocenters. The molecular weight excluding hydrogens is 250 g/mol. The number of carbonyl (C=O) groups is 1. The van der Waals surface area contributed by atoms with Gasteiger partial charge in [-0.3, -0.25) is 4.79 Å². The topological polar surface area (TPSA) is 35.6 Å². The molecule has 1 aromatic rings. The average molecular weight is 273 g/mol. The smallest absolute Gasteiger partial charge is 0.228 e. The molecule has 4 heteroatoms. The summed E-state index contributed by atoms with van der Waals surface area (Å²) in [7, 11) is 4.04. The molecule has 0 saturated carbocycles. The highest BCUT2D eigenvalue weighted by molar-refractivity contribution is 5.96. The van der Waals surface area contributed by atoms with E-state index in [1.165, 1.54) is 18.5 Å². The highest BCUT2D eigenvalue weighted by Crippen LogP contribution is 2.33. The van der Waals surface area contributed by atoms with Crippen molar-refractivity contribution in [3.05, 3.63) is 29.8 Å². The Bertz CT molecular complexity index is 502. The van der Waals surface area contributed by atoms with Crippen LogP contribution in [0.5, 0.6) is 0 Å². The van der Waals surface area contributed by atoms with E-state index < -0.39 is 0 Å². The van der Waals surface area contributed by atoms with Crippen LogP contribution >= 0.6 is 0 Å². The summed E-state index contributed by atoms with van der Waals surface area (Å²) >= 11 is 0. The zero-order valence-corrected chi connectivity index (χ0v) is 12.3. The largest absolute Gasteiger partial charge is 0.315 e. The van der Waals surface area contributed by atoms with E-state index in [1.807, 2.05) is 19.2 Å². The molecule has 3 rings (SSSR count). The number of nitrogens with one attached hydrogen (secondary N) is 1. The van der Waals surface area contributed by atoms with Gasteiger partial charge in [-0.1, -0.05) is 18.2 Å². The van der Waals surface area contributed by atoms with E-state index in [-0.39, 0.29) is 11.9 Å². The number of hydrogen-bond acceptors (Lipinski definition) is 3. The van der Waals surface area contributed by atoms with E-state index in [0.29, 0.717) is 12.3 Å². The van der Waals surface area contributed by atoms with Gasteiger partial charge in [-0.15, -0.1) is 0 Å². The number of rotatable bonds is 3. The first-order valence-electron chi connectivity index (χ1n) is 7.42. The molecule has 20 heavy (non-hydrogen) atoms. The minimum absolute atomic E-state index is 0.167. The first-order chi connectivity index (χ1) is 9.65. The quantitative estimate of drug-likeness (QED) is 0.909. The fourth-order valence-corrected chi connectivity index (χ4v) is 3.33. The van der Waals surface area contributed by atoms with Gasteiger partial charge < -0.3 is 15.1 Å². The average Bonchev–Trinajstić information content (AvgIpc) is 2.87. The molecule has 2 aliphatic rings. The predicted molar refractivity (Wildman–Crippen MR) is 80.8 cm³/mol. The highest BCUT2D eigenvalue weighted by atomic mass is 16.2. The van der Waals surface area contributed by atoms with Gasteiger partial charge in [0.1, 0.15) is 0 Å². The Labute approximate surface area is 120 Å². The summed E-state index contributed by atoms with van der Waals surface area (Å²) in [6, 6.07) is 8.39. The fraction of sp³-hybridized carbons (Fsp3) is 0.562. The molecule has 0 aromatic heterocycles. The van der Waals surface area contributed by atoms with E-state index in [2.05, 4.69) is 29.4 Å². The van der Waals surface area contributed by atoms with Crippen LogP contribution in [0.25, 0.3) is 0 Å². The van der Waals surface area contributed by atoms with Crippen molar-refractivity contribution < 1.29 is 4.79 Å². The van der Waals surface area contributed by atoms with Crippen molar-refractivity contribution in [2.45, 2.75) is 18.9 Å². The first kappa shape index (κ1) is 13.6. The lowest BCUT2D eigenvalue weighted by Gasteiger charge is -2.32. The number of nitrogens with zero attached hydrogens (tertiary/aromatic N) is 2. The lowest BCUT2D eigenvalue weighted by Crippen LogP contribution is -2.39. The monoisotopic (exact) mass is 273 g/mol. The summed E-state index contributed by atoms with van der Waals surface area (Å²) in [4.78, 5) is 16.2. The van der Waals surface area contributed by atoms with Crippen LogP contribution in [0.15, 0.2) is 24.3 Å². The normalized spacial score (nSPS) is 26.9. The molecule has 4 nitrogen and oxygen atoms in total. The molecule has 0 spiro atoms. The third kappa shape index (κ3) is 2.58. The second kappa shape index (κ2) is 5.54. The zero-order chi connectivity index (χ0) is 14.1. The molecule has 1 saturated heterocycles. The Morgan fingerprint density at radius 1 is 1.30 bits per heavy atom. The van der Waals surface area contributed by atoms with Gasteiger partial charge in [0.15, 0.2) is 0 Å². The van der Waals surface area contributed by atoms with E-state index in [1.54, 1.807) is 4.90 Å². The summed E-state index contributed by atoms with van der Waals surface area (Å²) < 4.78 is 0. The number of carbonyl (C=O) groups excluding carboxylic acids is 1. The van der Waals surface area contributed by atoms with Gasteiger partial charge in [0.25, 0.3) is 0 Å². The Kier molecular flexibility index (Phi) is 3.76. The number of benzene rings is 1. The van der Waals surface area contributed by atoms with Crippen molar-refractivity contribution in [3.63, 3.8) is 0 Å². The van der Waals surface area contributed by atoms with Crippen molar-refractivity contribution in [2.24, 2.45) is 5.92 Å². The lowest BCUT2D eigenvalue weighted by atomic mass is 9.95. The van der Waals surface area contributed by atoms with Gasteiger partial charge in [-0.2, -0.15) is 0 Å². The zero-order valence-electron chi connectivity index (χ0n) is 12.3. The van der Waals surface area contributed by atoms with Crippen molar-refractivity contribution in [3.8, 4) is 0 Å². The molecule has 1 amide bonds. The molecule has 1 fully saturated rings. The Balaban J connectivity index is 1.70. The second-order valence-electron chi connectivity index (χ2n) is 6.09. The molecule has 2 aliphatic heterocycles. The SMILES string of the molecule is CN1CCC(CNC2CC(=O)N(C)c3ccccc32)C1. The fourth-order valence-electron chi connectivity index (χ4n) is 3.33. The Hall–Kier alpha value is -1.39. The van der Waals surface area contributed by atoms with Gasteiger partial charge in [0.05, 0.1) is 0 Å². The van der Waals surface area contributed by atoms with Crippen molar-refractivity contribution >= 4 is 11.6 Å². The summed E-state index contributed by atoms with van der Waals surface area (Å²) in [6.07, 6.45) is 1.82. The third-order valence-corrected chi connectivity index (χ3v) is 4.57. The number of para-hydroxylation sites is 1. The van der Waals surface area contributed by atoms with Crippen LogP contribution in [0.4, 0.5) is 5.69 Å². The van der Waals surface area contributed by atoms with Crippen LogP contribution in [0.1, 0.15) is 24.4 Å². The molecule has 108 valence electrons. The van der Waals surface area contributed by atoms with Crippen LogP contribution in [0.2, 0.25) is 0 Å². The van der Waals surface area contributed by atoms with E-state index in [4.69, 9.17) is 0 Å². The lowest BCUT2D eigenvalue weighted by molar-refractivity contribution is -0.119. The molecule has 0 bridgehead atoms. The first-order valence-corrected chi connectivity index (χ1v) is 7.42.